The molecule has 3 rings (SSSR count). The normalized spacial score (nSPS) is 17.2. The van der Waals surface area contributed by atoms with Crippen LogP contribution in [0.15, 0.2) is 48.5 Å². The van der Waals surface area contributed by atoms with Crippen LogP contribution in [0.3, 0.4) is 0 Å². The number of anilines is 2. The second-order valence-corrected chi connectivity index (χ2v) is 23.7. The monoisotopic (exact) mass is 476 g/mol. The molecule has 0 atom stereocenters. The molecule has 0 bridgehead atoms. The molecule has 1 aliphatic heterocycles. The molecule has 2 N–H and O–H groups in total. The number of phenols is 1. The van der Waals surface area contributed by atoms with Gasteiger partial charge < -0.3 is 0 Å². The molecule has 4 nitrogen and oxygen atoms in total. The van der Waals surface area contributed by atoms with Crippen molar-refractivity contribution in [2.45, 2.75) is 48.4 Å². The van der Waals surface area contributed by atoms with Crippen LogP contribution in [-0.2, 0) is 0 Å². The predicted molar refractivity (Wildman–Crippen MR) is 116 cm³/mol. The van der Waals surface area contributed by atoms with Crippen LogP contribution in [0.25, 0.3) is 0 Å². The van der Waals surface area contributed by atoms with Gasteiger partial charge in [0.15, 0.2) is 0 Å². The zero-order chi connectivity index (χ0) is 19.9. The van der Waals surface area contributed by atoms with Crippen molar-refractivity contribution in [1.29, 1.82) is 0 Å². The number of nitrogens with one attached hydrogen (secondary N) is 1. The van der Waals surface area contributed by atoms with Crippen molar-refractivity contribution < 1.29 is 8.18 Å². The van der Waals surface area contributed by atoms with E-state index in [1.165, 1.54) is 0 Å². The topological polar surface area (TPSA) is 44.7 Å². The SMILES string of the molecule is C[C](C)(C)[Sn]1([C](C)(C)C)[O]c2ccccc2NCC[N]1c1ccccc1O. The Balaban J connectivity index is 2.29. The Bertz CT molecular complexity index is 794. The summed E-state index contributed by atoms with van der Waals surface area (Å²) in [5, 5.41) is 14.2. The van der Waals surface area contributed by atoms with Gasteiger partial charge in [-0.15, -0.1) is 0 Å². The van der Waals surface area contributed by atoms with Crippen LogP contribution in [0, 0.1) is 0 Å². The van der Waals surface area contributed by atoms with Crippen molar-refractivity contribution in [2.24, 2.45) is 0 Å². The number of benzene rings is 2. The molecule has 0 radical (unpaired) electrons. The van der Waals surface area contributed by atoms with E-state index in [2.05, 4.69) is 62.1 Å². The Hall–Kier alpha value is -1.56. The summed E-state index contributed by atoms with van der Waals surface area (Å²) in [5.41, 5.74) is 1.95. The van der Waals surface area contributed by atoms with Gasteiger partial charge in [0.2, 0.25) is 0 Å². The van der Waals surface area contributed by atoms with Crippen LogP contribution >= 0.6 is 0 Å². The van der Waals surface area contributed by atoms with E-state index < -0.39 is 19.1 Å². The van der Waals surface area contributed by atoms with Crippen LogP contribution in [0.5, 0.6) is 11.5 Å². The molecule has 0 fully saturated rings. The fourth-order valence-corrected chi connectivity index (χ4v) is 21.8. The van der Waals surface area contributed by atoms with Gasteiger partial charge in [0, 0.05) is 0 Å². The van der Waals surface area contributed by atoms with Crippen LogP contribution in [-0.4, -0.2) is 37.3 Å². The summed E-state index contributed by atoms with van der Waals surface area (Å²) >= 11 is -3.71. The fraction of sp³-hybridized carbons (Fsp3) is 0.455. The quantitative estimate of drug-likeness (QED) is 0.517. The number of hydrogen-bond acceptors (Lipinski definition) is 4. The Morgan fingerprint density at radius 1 is 0.926 bits per heavy atom. The van der Waals surface area contributed by atoms with Gasteiger partial charge in [-0.25, -0.2) is 0 Å². The molecule has 0 unspecified atom stereocenters. The predicted octanol–water partition coefficient (Wildman–Crippen LogP) is 5.75. The third-order valence-corrected chi connectivity index (χ3v) is 22.0. The molecule has 0 aliphatic carbocycles. The average Bonchev–Trinajstić information content (AvgIpc) is 2.54. The molecule has 2 aromatic carbocycles. The summed E-state index contributed by atoms with van der Waals surface area (Å²) in [6.07, 6.45) is 0. The molecule has 0 aromatic heterocycles. The molecular weight excluding hydrogens is 443 g/mol. The molecule has 0 saturated heterocycles. The Morgan fingerprint density at radius 3 is 2.15 bits per heavy atom. The average molecular weight is 475 g/mol. The zero-order valence-electron chi connectivity index (χ0n) is 17.3. The fourth-order valence-electron chi connectivity index (χ4n) is 4.60. The van der Waals surface area contributed by atoms with Crippen LogP contribution in [0.2, 0.25) is 6.86 Å². The van der Waals surface area contributed by atoms with Gasteiger partial charge in [-0.05, 0) is 0 Å². The summed E-state index contributed by atoms with van der Waals surface area (Å²) in [7, 11) is 0. The van der Waals surface area contributed by atoms with Crippen LogP contribution in [0.1, 0.15) is 41.5 Å². The van der Waals surface area contributed by atoms with Crippen LogP contribution in [0.4, 0.5) is 11.4 Å². The molecule has 0 saturated carbocycles. The molecule has 0 amide bonds. The van der Waals surface area contributed by atoms with Gasteiger partial charge in [0.25, 0.3) is 0 Å². The number of rotatable bonds is 1. The number of aromatic hydroxyl groups is 1. The second kappa shape index (κ2) is 7.12. The van der Waals surface area contributed by atoms with Crippen molar-refractivity contribution in [3.8, 4) is 11.5 Å². The maximum absolute atomic E-state index is 10.7. The minimum atomic E-state index is -3.71. The number of hydrogen-bond donors (Lipinski definition) is 2. The van der Waals surface area contributed by atoms with E-state index in [0.717, 1.165) is 30.2 Å². The number of nitrogens with zero attached hydrogens (tertiary/aromatic N) is 1. The van der Waals surface area contributed by atoms with Crippen molar-refractivity contribution in [3.63, 3.8) is 0 Å². The van der Waals surface area contributed by atoms with E-state index in [4.69, 9.17) is 3.07 Å². The zero-order valence-corrected chi connectivity index (χ0v) is 20.2. The minimum absolute atomic E-state index is 0.0281. The van der Waals surface area contributed by atoms with E-state index in [-0.39, 0.29) is 6.86 Å². The first-order valence-corrected chi connectivity index (χ1v) is 14.9. The van der Waals surface area contributed by atoms with Crippen LogP contribution < -0.4 is 11.5 Å². The van der Waals surface area contributed by atoms with Gasteiger partial charge in [0.1, 0.15) is 0 Å². The third-order valence-electron chi connectivity index (χ3n) is 5.38. The van der Waals surface area contributed by atoms with Gasteiger partial charge in [-0.1, -0.05) is 0 Å². The van der Waals surface area contributed by atoms with E-state index in [1.807, 2.05) is 30.3 Å². The number of phenolic OH excluding ortho intramolecular Hbond substituents is 1. The number of fused-ring (bicyclic) bond motifs is 1. The molecule has 27 heavy (non-hydrogen) atoms. The van der Waals surface area contributed by atoms with E-state index in [1.54, 1.807) is 6.07 Å². The third kappa shape index (κ3) is 3.48. The first-order chi connectivity index (χ1) is 12.6. The van der Waals surface area contributed by atoms with Crippen molar-refractivity contribution in [3.05, 3.63) is 48.5 Å². The molecule has 5 heteroatoms. The van der Waals surface area contributed by atoms with Crippen molar-refractivity contribution in [2.75, 3.05) is 21.5 Å². The molecule has 2 aromatic rings. The van der Waals surface area contributed by atoms with Gasteiger partial charge in [-0.2, -0.15) is 0 Å². The molecule has 1 aliphatic rings. The summed E-state index contributed by atoms with van der Waals surface area (Å²) in [5.74, 6) is 1.25. The maximum atomic E-state index is 10.7. The van der Waals surface area contributed by atoms with Crippen molar-refractivity contribution in [1.82, 2.24) is 0 Å². The van der Waals surface area contributed by atoms with Gasteiger partial charge >= 0.3 is 169 Å². The summed E-state index contributed by atoms with van der Waals surface area (Å²) in [6.45, 7) is 15.4. The number of para-hydroxylation sites is 4. The Kier molecular flexibility index (Phi) is 5.32. The van der Waals surface area contributed by atoms with E-state index in [0.29, 0.717) is 5.75 Å². The van der Waals surface area contributed by atoms with Gasteiger partial charge in [-0.3, -0.25) is 0 Å². The summed E-state index contributed by atoms with van der Waals surface area (Å²) in [6, 6.07) is 15.9. The molecule has 146 valence electrons. The molecule has 0 spiro atoms. The Labute approximate surface area is 168 Å². The van der Waals surface area contributed by atoms with Gasteiger partial charge in [0.05, 0.1) is 0 Å². The summed E-state index contributed by atoms with van der Waals surface area (Å²) in [4.78, 5) is 0. The molecular formula is C22H32N2O2Sn. The van der Waals surface area contributed by atoms with E-state index >= 15 is 0 Å². The first-order valence-electron chi connectivity index (χ1n) is 9.65. The Morgan fingerprint density at radius 2 is 1.52 bits per heavy atom. The van der Waals surface area contributed by atoms with Crippen molar-refractivity contribution >= 4 is 30.4 Å². The summed E-state index contributed by atoms with van der Waals surface area (Å²) < 4.78 is 9.53. The van der Waals surface area contributed by atoms with E-state index in [9.17, 15) is 5.11 Å². The molecule has 1 heterocycles. The second-order valence-electron chi connectivity index (χ2n) is 9.31. The standard InChI is InChI=1S/C14H15N2O2.2C4H9.Sn/c17-13-7-3-1-5-11(13)15-9-10-16-12-6-2-4-8-14(12)18;2*1-4(2)3;/h1-8,15,17-18H,9-10H2;2*1-3H3;/q-1;;;+2/p-1. The first kappa shape index (κ1) is 20.2.